The van der Waals surface area contributed by atoms with E-state index in [1.165, 1.54) is 6.92 Å². The normalized spacial score (nSPS) is 25.6. The molecule has 1 fully saturated rings. The van der Waals surface area contributed by atoms with E-state index in [-0.39, 0.29) is 17.6 Å². The van der Waals surface area contributed by atoms with E-state index in [0.717, 1.165) is 0 Å². The number of ketones is 1. The number of carbonyl (C=O) groups excluding carboxylic acids is 3. The second-order valence-electron chi connectivity index (χ2n) is 4.54. The van der Waals surface area contributed by atoms with Crippen LogP contribution in [0.5, 0.6) is 0 Å². The van der Waals surface area contributed by atoms with Crippen LogP contribution in [0.15, 0.2) is 0 Å². The first-order chi connectivity index (χ1) is 7.76. The average Bonchev–Trinajstić information content (AvgIpc) is 2.95. The van der Waals surface area contributed by atoms with Crippen molar-refractivity contribution in [3.8, 4) is 0 Å². The molecule has 2 unspecified atom stereocenters. The van der Waals surface area contributed by atoms with Gasteiger partial charge >= 0.3 is 0 Å². The van der Waals surface area contributed by atoms with Crippen LogP contribution < -0.4 is 10.6 Å². The van der Waals surface area contributed by atoms with Crippen LogP contribution >= 0.6 is 0 Å². The molecule has 0 radical (unpaired) electrons. The summed E-state index contributed by atoms with van der Waals surface area (Å²) in [5.74, 6) is -0.824. The molecule has 1 saturated heterocycles. The molecular weight excluding hydrogens is 224 g/mol. The van der Waals surface area contributed by atoms with E-state index >= 15 is 0 Å². The van der Waals surface area contributed by atoms with Gasteiger partial charge in [0.25, 0.3) is 0 Å². The van der Waals surface area contributed by atoms with Crippen LogP contribution in [0.2, 0.25) is 0 Å². The molecule has 0 spiro atoms. The zero-order valence-electron chi connectivity index (χ0n) is 10.5. The summed E-state index contributed by atoms with van der Waals surface area (Å²) in [7, 11) is 0. The predicted octanol–water partition coefficient (Wildman–Crippen LogP) is -0.626. The SMILES string of the molecule is CC(=O)NC(C)C(=O)NC(C)C(=O)[C@@]1(C)CO1. The summed E-state index contributed by atoms with van der Waals surface area (Å²) >= 11 is 0. The summed E-state index contributed by atoms with van der Waals surface area (Å²) in [6.07, 6.45) is 0. The number of epoxide rings is 1. The van der Waals surface area contributed by atoms with E-state index < -0.39 is 17.7 Å². The molecule has 2 N–H and O–H groups in total. The number of rotatable bonds is 5. The van der Waals surface area contributed by atoms with Crippen LogP contribution in [0.25, 0.3) is 0 Å². The van der Waals surface area contributed by atoms with Gasteiger partial charge in [0.05, 0.1) is 12.6 Å². The Hall–Kier alpha value is -1.43. The van der Waals surface area contributed by atoms with Crippen molar-refractivity contribution in [1.82, 2.24) is 10.6 Å². The van der Waals surface area contributed by atoms with Gasteiger partial charge in [0.2, 0.25) is 11.8 Å². The fourth-order valence-electron chi connectivity index (χ4n) is 1.48. The maximum atomic E-state index is 11.8. The van der Waals surface area contributed by atoms with E-state index in [9.17, 15) is 14.4 Å². The molecular formula is C11H18N2O4. The number of hydrogen-bond acceptors (Lipinski definition) is 4. The third-order valence-electron chi connectivity index (χ3n) is 2.66. The van der Waals surface area contributed by atoms with Crippen LogP contribution in [-0.4, -0.2) is 41.9 Å². The van der Waals surface area contributed by atoms with Crippen molar-refractivity contribution >= 4 is 17.6 Å². The largest absolute Gasteiger partial charge is 0.361 e. The van der Waals surface area contributed by atoms with Crippen LogP contribution in [0.1, 0.15) is 27.7 Å². The molecule has 1 aliphatic heterocycles. The van der Waals surface area contributed by atoms with E-state index in [1.807, 2.05) is 0 Å². The summed E-state index contributed by atoms with van der Waals surface area (Å²) < 4.78 is 5.01. The number of hydrogen-bond donors (Lipinski definition) is 2. The molecule has 0 aromatic rings. The van der Waals surface area contributed by atoms with E-state index in [4.69, 9.17) is 4.74 Å². The summed E-state index contributed by atoms with van der Waals surface area (Å²) in [5, 5.41) is 5.00. The molecule has 0 saturated carbocycles. The molecule has 2 amide bonds. The Labute approximate surface area is 100 Å². The van der Waals surface area contributed by atoms with Crippen molar-refractivity contribution in [3.05, 3.63) is 0 Å². The van der Waals surface area contributed by atoms with Gasteiger partial charge in [-0.05, 0) is 20.8 Å². The highest BCUT2D eigenvalue weighted by atomic mass is 16.6. The molecule has 0 aromatic heterocycles. The lowest BCUT2D eigenvalue weighted by Crippen LogP contribution is -2.51. The van der Waals surface area contributed by atoms with Gasteiger partial charge in [-0.25, -0.2) is 0 Å². The fourth-order valence-corrected chi connectivity index (χ4v) is 1.48. The highest BCUT2D eigenvalue weighted by molar-refractivity contribution is 5.97. The highest BCUT2D eigenvalue weighted by Crippen LogP contribution is 2.28. The molecule has 96 valence electrons. The summed E-state index contributed by atoms with van der Waals surface area (Å²) in [6.45, 7) is 6.58. The Kier molecular flexibility index (Phi) is 3.87. The Morgan fingerprint density at radius 1 is 1.18 bits per heavy atom. The minimum atomic E-state index is -0.746. The zero-order valence-corrected chi connectivity index (χ0v) is 10.5. The summed E-state index contributed by atoms with van der Waals surface area (Å²) in [6, 6.07) is -1.28. The van der Waals surface area contributed by atoms with Crippen LogP contribution in [0, 0.1) is 0 Å². The molecule has 17 heavy (non-hydrogen) atoms. The Morgan fingerprint density at radius 3 is 2.12 bits per heavy atom. The van der Waals surface area contributed by atoms with Crippen molar-refractivity contribution in [2.45, 2.75) is 45.4 Å². The lowest BCUT2D eigenvalue weighted by Gasteiger charge is -2.18. The first-order valence-corrected chi connectivity index (χ1v) is 5.52. The number of ether oxygens (including phenoxy) is 1. The number of amides is 2. The zero-order chi connectivity index (χ0) is 13.2. The van der Waals surface area contributed by atoms with Crippen molar-refractivity contribution in [3.63, 3.8) is 0 Å². The number of nitrogens with one attached hydrogen (secondary N) is 2. The van der Waals surface area contributed by atoms with Gasteiger partial charge in [0, 0.05) is 6.92 Å². The molecule has 6 heteroatoms. The third-order valence-corrected chi connectivity index (χ3v) is 2.66. The van der Waals surface area contributed by atoms with Crippen molar-refractivity contribution in [2.75, 3.05) is 6.61 Å². The maximum absolute atomic E-state index is 11.8. The molecule has 0 aliphatic carbocycles. The van der Waals surface area contributed by atoms with E-state index in [2.05, 4.69) is 10.6 Å². The topological polar surface area (TPSA) is 87.8 Å². The molecule has 1 heterocycles. The second-order valence-corrected chi connectivity index (χ2v) is 4.54. The fraction of sp³-hybridized carbons (Fsp3) is 0.727. The average molecular weight is 242 g/mol. The highest BCUT2D eigenvalue weighted by Gasteiger charge is 2.49. The van der Waals surface area contributed by atoms with Gasteiger partial charge in [0.1, 0.15) is 11.6 Å². The van der Waals surface area contributed by atoms with Crippen molar-refractivity contribution < 1.29 is 19.1 Å². The van der Waals surface area contributed by atoms with Crippen LogP contribution in [0.4, 0.5) is 0 Å². The van der Waals surface area contributed by atoms with Crippen molar-refractivity contribution in [2.24, 2.45) is 0 Å². The van der Waals surface area contributed by atoms with Crippen LogP contribution in [0.3, 0.4) is 0 Å². The van der Waals surface area contributed by atoms with Gasteiger partial charge < -0.3 is 15.4 Å². The first-order valence-electron chi connectivity index (χ1n) is 5.52. The quantitative estimate of drug-likeness (QED) is 0.628. The number of Topliss-reactive ketones (excluding diaryl/α,β-unsaturated/α-hetero) is 1. The van der Waals surface area contributed by atoms with E-state index in [0.29, 0.717) is 6.61 Å². The maximum Gasteiger partial charge on any atom is 0.242 e. The van der Waals surface area contributed by atoms with Gasteiger partial charge in [-0.3, -0.25) is 14.4 Å². The molecule has 1 rings (SSSR count). The minimum absolute atomic E-state index is 0.152. The van der Waals surface area contributed by atoms with Gasteiger partial charge in [-0.15, -0.1) is 0 Å². The van der Waals surface area contributed by atoms with Gasteiger partial charge in [-0.1, -0.05) is 0 Å². The van der Waals surface area contributed by atoms with Crippen molar-refractivity contribution in [1.29, 1.82) is 0 Å². The van der Waals surface area contributed by atoms with Crippen LogP contribution in [-0.2, 0) is 19.1 Å². The monoisotopic (exact) mass is 242 g/mol. The second kappa shape index (κ2) is 4.83. The lowest BCUT2D eigenvalue weighted by atomic mass is 10.0. The lowest BCUT2D eigenvalue weighted by molar-refractivity contribution is -0.131. The Bertz CT molecular complexity index is 349. The van der Waals surface area contributed by atoms with Gasteiger partial charge in [-0.2, -0.15) is 0 Å². The van der Waals surface area contributed by atoms with E-state index in [1.54, 1.807) is 20.8 Å². The summed E-state index contributed by atoms with van der Waals surface area (Å²) in [5.41, 5.74) is -0.746. The Morgan fingerprint density at radius 2 is 1.71 bits per heavy atom. The molecule has 1 aliphatic rings. The first kappa shape index (κ1) is 13.6. The number of carbonyl (C=O) groups is 3. The van der Waals surface area contributed by atoms with Gasteiger partial charge in [0.15, 0.2) is 5.78 Å². The standard InChI is InChI=1S/C11H18N2O4/c1-6(9(15)11(4)5-17-11)13-10(16)7(2)12-8(3)14/h6-7H,5H2,1-4H3,(H,12,14)(H,13,16)/t6?,7?,11-/m1/s1. The molecule has 0 aromatic carbocycles. The Balaban J connectivity index is 2.45. The molecule has 6 nitrogen and oxygen atoms in total. The predicted molar refractivity (Wildman–Crippen MR) is 60.2 cm³/mol. The molecule has 3 atom stereocenters. The summed E-state index contributed by atoms with van der Waals surface area (Å²) in [4.78, 5) is 34.2. The molecule has 0 bridgehead atoms. The third kappa shape index (κ3) is 3.52. The smallest absolute Gasteiger partial charge is 0.242 e. The minimum Gasteiger partial charge on any atom is -0.361 e.